The maximum atomic E-state index is 11.1. The number of benzene rings is 1. The zero-order valence-corrected chi connectivity index (χ0v) is 9.17. The summed E-state index contributed by atoms with van der Waals surface area (Å²) in [5, 5.41) is 9.15. The first-order valence-corrected chi connectivity index (χ1v) is 5.69. The van der Waals surface area contributed by atoms with Gasteiger partial charge in [-0.1, -0.05) is 42.5 Å². The van der Waals surface area contributed by atoms with Crippen LogP contribution in [0.2, 0.25) is 0 Å². The summed E-state index contributed by atoms with van der Waals surface area (Å²) < 4.78 is 0. The van der Waals surface area contributed by atoms with E-state index in [-0.39, 0.29) is 11.8 Å². The average molecular weight is 216 g/mol. The highest BCUT2D eigenvalue weighted by Crippen LogP contribution is 2.28. The SMILES string of the molecule is O=C(O)[C@H]1CC=CC[C@@H]1Cc1ccccc1. The monoisotopic (exact) mass is 216 g/mol. The van der Waals surface area contributed by atoms with Gasteiger partial charge in [-0.3, -0.25) is 4.79 Å². The Morgan fingerprint density at radius 1 is 1.19 bits per heavy atom. The zero-order valence-electron chi connectivity index (χ0n) is 9.17. The predicted octanol–water partition coefficient (Wildman–Crippen LogP) is 2.90. The lowest BCUT2D eigenvalue weighted by Crippen LogP contribution is -2.26. The molecule has 1 N–H and O–H groups in total. The molecule has 0 heterocycles. The van der Waals surface area contributed by atoms with Crippen LogP contribution in [0.5, 0.6) is 0 Å². The fraction of sp³-hybridized carbons (Fsp3) is 0.357. The quantitative estimate of drug-likeness (QED) is 0.789. The van der Waals surface area contributed by atoms with Crippen molar-refractivity contribution in [2.75, 3.05) is 0 Å². The van der Waals surface area contributed by atoms with Crippen LogP contribution in [-0.2, 0) is 11.2 Å². The molecule has 0 unspecified atom stereocenters. The fourth-order valence-corrected chi connectivity index (χ4v) is 2.32. The van der Waals surface area contributed by atoms with Gasteiger partial charge in [-0.05, 0) is 30.7 Å². The molecule has 0 saturated carbocycles. The van der Waals surface area contributed by atoms with Crippen LogP contribution >= 0.6 is 0 Å². The molecule has 2 atom stereocenters. The third kappa shape index (κ3) is 2.51. The molecule has 0 amide bonds. The molecule has 2 heteroatoms. The van der Waals surface area contributed by atoms with Gasteiger partial charge in [0.15, 0.2) is 0 Å². The zero-order chi connectivity index (χ0) is 11.4. The van der Waals surface area contributed by atoms with Gasteiger partial charge in [0.2, 0.25) is 0 Å². The van der Waals surface area contributed by atoms with Crippen LogP contribution in [0.1, 0.15) is 18.4 Å². The number of hydrogen-bond acceptors (Lipinski definition) is 1. The highest BCUT2D eigenvalue weighted by Gasteiger charge is 2.28. The van der Waals surface area contributed by atoms with E-state index in [9.17, 15) is 4.79 Å². The Morgan fingerprint density at radius 2 is 1.88 bits per heavy atom. The largest absolute Gasteiger partial charge is 0.481 e. The van der Waals surface area contributed by atoms with Crippen LogP contribution in [0.15, 0.2) is 42.5 Å². The number of allylic oxidation sites excluding steroid dienone is 2. The average Bonchev–Trinajstić information content (AvgIpc) is 2.31. The third-order valence-corrected chi connectivity index (χ3v) is 3.22. The molecular formula is C14H16O2. The molecule has 1 aromatic carbocycles. The van der Waals surface area contributed by atoms with Gasteiger partial charge in [0.25, 0.3) is 0 Å². The first-order valence-electron chi connectivity index (χ1n) is 5.69. The smallest absolute Gasteiger partial charge is 0.307 e. The summed E-state index contributed by atoms with van der Waals surface area (Å²) in [5.41, 5.74) is 1.23. The fourth-order valence-electron chi connectivity index (χ4n) is 2.32. The molecule has 1 aromatic rings. The Hall–Kier alpha value is -1.57. The Balaban J connectivity index is 2.08. The minimum Gasteiger partial charge on any atom is -0.481 e. The van der Waals surface area contributed by atoms with Crippen molar-refractivity contribution >= 4 is 5.97 Å². The van der Waals surface area contributed by atoms with Gasteiger partial charge >= 0.3 is 5.97 Å². The van der Waals surface area contributed by atoms with Crippen LogP contribution in [0.3, 0.4) is 0 Å². The molecule has 0 saturated heterocycles. The van der Waals surface area contributed by atoms with E-state index in [0.717, 1.165) is 12.8 Å². The Kier molecular flexibility index (Phi) is 3.40. The number of hydrogen-bond donors (Lipinski definition) is 1. The second kappa shape index (κ2) is 4.97. The lowest BCUT2D eigenvalue weighted by molar-refractivity contribution is -0.143. The van der Waals surface area contributed by atoms with Crippen molar-refractivity contribution in [3.63, 3.8) is 0 Å². The first kappa shape index (κ1) is 10.9. The number of rotatable bonds is 3. The number of aliphatic carboxylic acids is 1. The summed E-state index contributed by atoms with van der Waals surface area (Å²) in [6.07, 6.45) is 6.51. The highest BCUT2D eigenvalue weighted by molar-refractivity contribution is 5.71. The summed E-state index contributed by atoms with van der Waals surface area (Å²) in [5.74, 6) is -0.639. The van der Waals surface area contributed by atoms with Gasteiger partial charge in [0.1, 0.15) is 0 Å². The molecule has 0 aromatic heterocycles. The Morgan fingerprint density at radius 3 is 2.56 bits per heavy atom. The summed E-state index contributed by atoms with van der Waals surface area (Å²) in [6, 6.07) is 10.1. The molecule has 1 aliphatic rings. The molecule has 0 fully saturated rings. The maximum Gasteiger partial charge on any atom is 0.307 e. The van der Waals surface area contributed by atoms with E-state index in [1.165, 1.54) is 5.56 Å². The molecule has 0 radical (unpaired) electrons. The van der Waals surface area contributed by atoms with Crippen molar-refractivity contribution in [2.45, 2.75) is 19.3 Å². The molecule has 84 valence electrons. The van der Waals surface area contributed by atoms with Gasteiger partial charge in [-0.2, -0.15) is 0 Å². The van der Waals surface area contributed by atoms with Gasteiger partial charge in [0.05, 0.1) is 5.92 Å². The minimum atomic E-state index is -0.662. The molecule has 16 heavy (non-hydrogen) atoms. The van der Waals surface area contributed by atoms with Gasteiger partial charge in [0, 0.05) is 0 Å². The van der Waals surface area contributed by atoms with Crippen molar-refractivity contribution in [2.24, 2.45) is 11.8 Å². The Labute approximate surface area is 95.6 Å². The van der Waals surface area contributed by atoms with Crippen LogP contribution < -0.4 is 0 Å². The number of carboxylic acid groups (broad SMARTS) is 1. The van der Waals surface area contributed by atoms with Crippen molar-refractivity contribution < 1.29 is 9.90 Å². The van der Waals surface area contributed by atoms with Crippen molar-refractivity contribution in [1.29, 1.82) is 0 Å². The third-order valence-electron chi connectivity index (χ3n) is 3.22. The topological polar surface area (TPSA) is 37.3 Å². The van der Waals surface area contributed by atoms with Gasteiger partial charge in [-0.15, -0.1) is 0 Å². The van der Waals surface area contributed by atoms with Crippen LogP contribution in [0, 0.1) is 11.8 Å². The van der Waals surface area contributed by atoms with Crippen molar-refractivity contribution in [3.05, 3.63) is 48.0 Å². The van der Waals surface area contributed by atoms with Crippen LogP contribution in [-0.4, -0.2) is 11.1 Å². The minimum absolute atomic E-state index is 0.217. The van der Waals surface area contributed by atoms with E-state index in [1.54, 1.807) is 0 Å². The number of carboxylic acids is 1. The van der Waals surface area contributed by atoms with E-state index in [4.69, 9.17) is 5.11 Å². The summed E-state index contributed by atoms with van der Waals surface area (Å²) in [7, 11) is 0. The summed E-state index contributed by atoms with van der Waals surface area (Å²) in [6.45, 7) is 0. The Bertz CT molecular complexity index is 381. The van der Waals surface area contributed by atoms with Crippen molar-refractivity contribution in [3.8, 4) is 0 Å². The molecule has 2 rings (SSSR count). The second-order valence-corrected chi connectivity index (χ2v) is 4.34. The molecule has 0 bridgehead atoms. The van der Waals surface area contributed by atoms with Crippen LogP contribution in [0.4, 0.5) is 0 Å². The maximum absolute atomic E-state index is 11.1. The lowest BCUT2D eigenvalue weighted by Gasteiger charge is -2.25. The molecular weight excluding hydrogens is 200 g/mol. The van der Waals surface area contributed by atoms with Gasteiger partial charge in [-0.25, -0.2) is 0 Å². The molecule has 2 nitrogen and oxygen atoms in total. The first-order chi connectivity index (χ1) is 7.77. The molecule has 1 aliphatic carbocycles. The normalized spacial score (nSPS) is 24.2. The van der Waals surface area contributed by atoms with Crippen LogP contribution in [0.25, 0.3) is 0 Å². The molecule has 0 spiro atoms. The van der Waals surface area contributed by atoms with E-state index in [2.05, 4.69) is 18.2 Å². The van der Waals surface area contributed by atoms with E-state index in [1.807, 2.05) is 24.3 Å². The highest BCUT2D eigenvalue weighted by atomic mass is 16.4. The summed E-state index contributed by atoms with van der Waals surface area (Å²) in [4.78, 5) is 11.1. The second-order valence-electron chi connectivity index (χ2n) is 4.34. The lowest BCUT2D eigenvalue weighted by atomic mass is 9.79. The van der Waals surface area contributed by atoms with Gasteiger partial charge < -0.3 is 5.11 Å². The van der Waals surface area contributed by atoms with E-state index >= 15 is 0 Å². The number of carbonyl (C=O) groups is 1. The standard InChI is InChI=1S/C14H16O2/c15-14(16)13-9-5-4-8-12(13)10-11-6-2-1-3-7-11/h1-7,12-13H,8-10H2,(H,15,16)/t12-,13+/m1/s1. The predicted molar refractivity (Wildman–Crippen MR) is 63.1 cm³/mol. The van der Waals surface area contributed by atoms with E-state index < -0.39 is 5.97 Å². The van der Waals surface area contributed by atoms with Crippen molar-refractivity contribution in [1.82, 2.24) is 0 Å². The van der Waals surface area contributed by atoms with E-state index in [0.29, 0.717) is 6.42 Å². The molecule has 0 aliphatic heterocycles. The summed E-state index contributed by atoms with van der Waals surface area (Å²) >= 11 is 0.